The van der Waals surface area contributed by atoms with Gasteiger partial charge in [-0.1, -0.05) is 18.2 Å². The molecule has 0 fully saturated rings. The maximum atomic E-state index is 11.8. The highest BCUT2D eigenvalue weighted by Gasteiger charge is 2.15. The van der Waals surface area contributed by atoms with Gasteiger partial charge in [0.25, 0.3) is 11.6 Å². The minimum absolute atomic E-state index is 0.0763. The molecule has 1 unspecified atom stereocenters. The number of carbonyl (C=O) groups is 1. The smallest absolute Gasteiger partial charge is 0.295 e. The molecule has 7 heteroatoms. The quantitative estimate of drug-likeness (QED) is 0.645. The van der Waals surface area contributed by atoms with E-state index in [0.717, 1.165) is 0 Å². The number of nitro benzene ring substituents is 1. The molecule has 2 rings (SSSR count). The van der Waals surface area contributed by atoms with Crippen LogP contribution in [0.4, 0.5) is 5.69 Å². The third-order valence-electron chi connectivity index (χ3n) is 2.69. The monoisotopic (exact) mass is 275 g/mol. The van der Waals surface area contributed by atoms with Crippen molar-refractivity contribution < 1.29 is 14.8 Å². The number of aliphatic hydroxyl groups is 1. The molecule has 0 aliphatic rings. The van der Waals surface area contributed by atoms with Gasteiger partial charge in [-0.15, -0.1) is 0 Å². The number of carbonyl (C=O) groups excluding carboxylic acids is 1. The summed E-state index contributed by atoms with van der Waals surface area (Å²) in [5.41, 5.74) is 0.0994. The van der Waals surface area contributed by atoms with Gasteiger partial charge in [-0.3, -0.25) is 14.9 Å². The number of aliphatic hydroxyl groups excluding tert-OH is 1. The molecule has 2 aromatic rings. The first kappa shape index (κ1) is 13.9. The van der Waals surface area contributed by atoms with E-state index in [1.165, 1.54) is 12.1 Å². The summed E-state index contributed by atoms with van der Waals surface area (Å²) in [6, 6.07) is 7.69. The van der Waals surface area contributed by atoms with Crippen LogP contribution >= 0.6 is 0 Å². The third-order valence-corrected chi connectivity index (χ3v) is 2.69. The first-order valence-corrected chi connectivity index (χ1v) is 5.99. The summed E-state index contributed by atoms with van der Waals surface area (Å²) in [5, 5.41) is 23.1. The molecule has 20 heavy (non-hydrogen) atoms. The molecule has 7 nitrogen and oxygen atoms in total. The van der Waals surface area contributed by atoms with E-state index in [9.17, 15) is 14.9 Å². The molecule has 0 saturated heterocycles. The molecular weight excluding hydrogens is 262 g/mol. The van der Waals surface area contributed by atoms with E-state index < -0.39 is 16.9 Å². The molecule has 1 amide bonds. The average Bonchev–Trinajstić information content (AvgIpc) is 2.43. The zero-order valence-electron chi connectivity index (χ0n) is 10.7. The fraction of sp³-hybridized carbons (Fsp3) is 0.231. The SMILES string of the molecule is CC(O)CNC(=O)c1ccc2cccc([N+](=O)[O-])c2n1. The molecular formula is C13H13N3O4. The molecule has 0 spiro atoms. The lowest BCUT2D eigenvalue weighted by Crippen LogP contribution is -2.31. The number of hydrogen-bond donors (Lipinski definition) is 2. The normalized spacial score (nSPS) is 12.1. The number of nitro groups is 1. The zero-order valence-corrected chi connectivity index (χ0v) is 10.7. The van der Waals surface area contributed by atoms with E-state index in [0.29, 0.717) is 5.39 Å². The maximum Gasteiger partial charge on any atom is 0.295 e. The molecule has 104 valence electrons. The zero-order chi connectivity index (χ0) is 14.7. The maximum absolute atomic E-state index is 11.8. The predicted octanol–water partition coefficient (Wildman–Crippen LogP) is 1.25. The number of non-ortho nitro benzene ring substituents is 1. The van der Waals surface area contributed by atoms with E-state index in [-0.39, 0.29) is 23.4 Å². The fourth-order valence-electron chi connectivity index (χ4n) is 1.74. The van der Waals surface area contributed by atoms with Gasteiger partial charge in [0.1, 0.15) is 11.2 Å². The lowest BCUT2D eigenvalue weighted by Gasteiger charge is -2.07. The van der Waals surface area contributed by atoms with Crippen LogP contribution in [0.5, 0.6) is 0 Å². The number of benzene rings is 1. The summed E-state index contributed by atoms with van der Waals surface area (Å²) < 4.78 is 0. The first-order chi connectivity index (χ1) is 9.49. The number of para-hydroxylation sites is 1. The molecule has 2 N–H and O–H groups in total. The van der Waals surface area contributed by atoms with Crippen molar-refractivity contribution in [3.8, 4) is 0 Å². The molecule has 0 aliphatic heterocycles. The van der Waals surface area contributed by atoms with Crippen molar-refractivity contribution in [3.05, 3.63) is 46.1 Å². The van der Waals surface area contributed by atoms with Gasteiger partial charge in [-0.25, -0.2) is 4.98 Å². The van der Waals surface area contributed by atoms with Gasteiger partial charge in [0, 0.05) is 18.0 Å². The highest BCUT2D eigenvalue weighted by atomic mass is 16.6. The number of nitrogens with one attached hydrogen (secondary N) is 1. The Labute approximate surface area is 114 Å². The second-order valence-electron chi connectivity index (χ2n) is 4.36. The van der Waals surface area contributed by atoms with Crippen LogP contribution < -0.4 is 5.32 Å². The van der Waals surface area contributed by atoms with Crippen LogP contribution in [0.3, 0.4) is 0 Å². The minimum atomic E-state index is -0.672. The van der Waals surface area contributed by atoms with Crippen molar-refractivity contribution in [2.45, 2.75) is 13.0 Å². The lowest BCUT2D eigenvalue weighted by molar-refractivity contribution is -0.383. The number of fused-ring (bicyclic) bond motifs is 1. The van der Waals surface area contributed by atoms with Crippen molar-refractivity contribution in [2.24, 2.45) is 0 Å². The van der Waals surface area contributed by atoms with Crippen LogP contribution in [0.25, 0.3) is 10.9 Å². The second-order valence-corrected chi connectivity index (χ2v) is 4.36. The summed E-state index contributed by atoms with van der Waals surface area (Å²) in [7, 11) is 0. The topological polar surface area (TPSA) is 105 Å². The summed E-state index contributed by atoms with van der Waals surface area (Å²) >= 11 is 0. The van der Waals surface area contributed by atoms with E-state index in [1.807, 2.05) is 0 Å². The van der Waals surface area contributed by atoms with E-state index in [1.54, 1.807) is 25.1 Å². The fourth-order valence-corrected chi connectivity index (χ4v) is 1.74. The van der Waals surface area contributed by atoms with Crippen molar-refractivity contribution in [1.82, 2.24) is 10.3 Å². The number of hydrogen-bond acceptors (Lipinski definition) is 5. The van der Waals surface area contributed by atoms with Crippen molar-refractivity contribution >= 4 is 22.5 Å². The summed E-state index contributed by atoms with van der Waals surface area (Å²) in [6.07, 6.45) is -0.672. The van der Waals surface area contributed by atoms with Gasteiger partial charge in [-0.05, 0) is 13.0 Å². The average molecular weight is 275 g/mol. The van der Waals surface area contributed by atoms with Crippen LogP contribution in [-0.4, -0.2) is 33.6 Å². The Morgan fingerprint density at radius 2 is 2.20 bits per heavy atom. The van der Waals surface area contributed by atoms with Gasteiger partial charge in [0.15, 0.2) is 0 Å². The van der Waals surface area contributed by atoms with E-state index in [2.05, 4.69) is 10.3 Å². The molecule has 1 aromatic carbocycles. The van der Waals surface area contributed by atoms with Crippen LogP contribution in [0.15, 0.2) is 30.3 Å². The number of pyridine rings is 1. The van der Waals surface area contributed by atoms with Crippen LogP contribution in [0, 0.1) is 10.1 Å². The number of aromatic nitrogens is 1. The van der Waals surface area contributed by atoms with Crippen molar-refractivity contribution in [2.75, 3.05) is 6.54 Å². The molecule has 0 saturated carbocycles. The predicted molar refractivity (Wildman–Crippen MR) is 72.4 cm³/mol. The Hall–Kier alpha value is -2.54. The van der Waals surface area contributed by atoms with E-state index in [4.69, 9.17) is 5.11 Å². The Morgan fingerprint density at radius 1 is 1.45 bits per heavy atom. The molecule has 1 atom stereocenters. The molecule has 0 bridgehead atoms. The lowest BCUT2D eigenvalue weighted by atomic mass is 10.1. The number of rotatable bonds is 4. The van der Waals surface area contributed by atoms with Gasteiger partial charge in [0.05, 0.1) is 11.0 Å². The molecule has 0 aliphatic carbocycles. The largest absolute Gasteiger partial charge is 0.392 e. The Bertz CT molecular complexity index is 670. The van der Waals surface area contributed by atoms with Gasteiger partial charge in [0.2, 0.25) is 0 Å². The number of nitrogens with zero attached hydrogens (tertiary/aromatic N) is 2. The highest BCUT2D eigenvalue weighted by Crippen LogP contribution is 2.23. The summed E-state index contributed by atoms with van der Waals surface area (Å²) in [5.74, 6) is -0.481. The second kappa shape index (κ2) is 5.62. The Kier molecular flexibility index (Phi) is 3.90. The molecule has 1 aromatic heterocycles. The standard InChI is InChI=1S/C13H13N3O4/c1-8(17)7-14-13(18)10-6-5-9-3-2-4-11(16(19)20)12(9)15-10/h2-6,8,17H,7H2,1H3,(H,14,18). The summed E-state index contributed by atoms with van der Waals surface area (Å²) in [6.45, 7) is 1.63. The first-order valence-electron chi connectivity index (χ1n) is 5.99. The Balaban J connectivity index is 2.39. The number of amides is 1. The van der Waals surface area contributed by atoms with Crippen LogP contribution in [-0.2, 0) is 0 Å². The minimum Gasteiger partial charge on any atom is -0.392 e. The highest BCUT2D eigenvalue weighted by molar-refractivity contribution is 5.96. The van der Waals surface area contributed by atoms with E-state index >= 15 is 0 Å². The van der Waals surface area contributed by atoms with Gasteiger partial charge < -0.3 is 10.4 Å². The molecule has 0 radical (unpaired) electrons. The van der Waals surface area contributed by atoms with Crippen LogP contribution in [0.2, 0.25) is 0 Å². The van der Waals surface area contributed by atoms with Crippen LogP contribution in [0.1, 0.15) is 17.4 Å². The van der Waals surface area contributed by atoms with Gasteiger partial charge >= 0.3 is 0 Å². The molecule has 1 heterocycles. The van der Waals surface area contributed by atoms with Gasteiger partial charge in [-0.2, -0.15) is 0 Å². The Morgan fingerprint density at radius 3 is 2.85 bits per heavy atom. The van der Waals surface area contributed by atoms with Crippen molar-refractivity contribution in [1.29, 1.82) is 0 Å². The third kappa shape index (κ3) is 2.89. The summed E-state index contributed by atoms with van der Waals surface area (Å²) in [4.78, 5) is 26.3. The van der Waals surface area contributed by atoms with Crippen molar-refractivity contribution in [3.63, 3.8) is 0 Å².